The van der Waals surface area contributed by atoms with Crippen molar-refractivity contribution in [2.75, 3.05) is 13.7 Å². The summed E-state index contributed by atoms with van der Waals surface area (Å²) < 4.78 is 39.4. The number of nitroso groups, excluding NO2 is 1. The molecular weight excluding hydrogens is 512 g/mol. The normalized spacial score (nSPS) is 14.2. The van der Waals surface area contributed by atoms with Gasteiger partial charge >= 0.3 is 5.97 Å². The van der Waals surface area contributed by atoms with Crippen LogP contribution in [0.15, 0.2) is 33.7 Å². The molecule has 10 heteroatoms. The molecule has 8 nitrogen and oxygen atoms in total. The van der Waals surface area contributed by atoms with Crippen LogP contribution in [-0.4, -0.2) is 40.2 Å². The topological polar surface area (TPSA) is 111 Å². The van der Waals surface area contributed by atoms with Gasteiger partial charge in [0, 0.05) is 10.3 Å². The molecular formula is C27H40N2O6S2. The minimum Gasteiger partial charge on any atom is -0.491 e. The summed E-state index contributed by atoms with van der Waals surface area (Å²) in [5.41, 5.74) is 1.91. The van der Waals surface area contributed by atoms with Crippen molar-refractivity contribution in [3.05, 3.63) is 50.7 Å². The van der Waals surface area contributed by atoms with Crippen LogP contribution in [0.3, 0.4) is 0 Å². The minimum absolute atomic E-state index is 0.191. The molecule has 0 aliphatic carbocycles. The third-order valence-electron chi connectivity index (χ3n) is 6.93. The van der Waals surface area contributed by atoms with E-state index in [-0.39, 0.29) is 16.2 Å². The van der Waals surface area contributed by atoms with Crippen molar-refractivity contribution in [2.45, 2.75) is 89.9 Å². The summed E-state index contributed by atoms with van der Waals surface area (Å²) in [7, 11) is -2.69. The Morgan fingerprint density at radius 1 is 1.11 bits per heavy atom. The molecule has 0 radical (unpaired) electrons. The lowest BCUT2D eigenvalue weighted by molar-refractivity contribution is -0.142. The fraction of sp³-hybridized carbons (Fsp3) is 0.593. The van der Waals surface area contributed by atoms with E-state index in [9.17, 15) is 18.1 Å². The van der Waals surface area contributed by atoms with Crippen LogP contribution in [0.25, 0.3) is 0 Å². The Morgan fingerprint density at radius 2 is 1.73 bits per heavy atom. The molecule has 2 rings (SSSR count). The van der Waals surface area contributed by atoms with Gasteiger partial charge in [0.25, 0.3) is 10.0 Å². The molecule has 0 aliphatic rings. The first-order chi connectivity index (χ1) is 17.2. The zero-order valence-corrected chi connectivity index (χ0v) is 24.9. The molecule has 37 heavy (non-hydrogen) atoms. The zero-order valence-electron chi connectivity index (χ0n) is 23.3. The molecule has 2 atom stereocenters. The number of nitrogens with zero attached hydrogens (tertiary/aromatic N) is 1. The second-order valence-corrected chi connectivity index (χ2v) is 13.5. The number of carbonyl (C=O) groups excluding carboxylic acids is 1. The number of aryl methyl sites for hydroxylation is 2. The molecule has 0 fully saturated rings. The monoisotopic (exact) mass is 552 g/mol. The number of hydrogen-bond acceptors (Lipinski definition) is 8. The van der Waals surface area contributed by atoms with Crippen LogP contribution in [0.4, 0.5) is 0 Å². The van der Waals surface area contributed by atoms with Gasteiger partial charge in [-0.05, 0) is 67.9 Å². The first-order valence-electron chi connectivity index (χ1n) is 12.4. The average molecular weight is 553 g/mol. The molecule has 0 bridgehead atoms. The van der Waals surface area contributed by atoms with Gasteiger partial charge in [0.1, 0.15) is 28.6 Å². The fourth-order valence-corrected chi connectivity index (χ4v) is 7.61. The highest BCUT2D eigenvalue weighted by Crippen LogP contribution is 2.45. The summed E-state index contributed by atoms with van der Waals surface area (Å²) in [5.74, 6) is 0.0411. The summed E-state index contributed by atoms with van der Waals surface area (Å²) in [4.78, 5) is 24.0. The van der Waals surface area contributed by atoms with E-state index in [1.54, 1.807) is 6.92 Å². The molecule has 0 amide bonds. The Morgan fingerprint density at radius 3 is 2.22 bits per heavy atom. The minimum atomic E-state index is -3.92. The molecule has 0 spiro atoms. The number of rotatable bonds is 12. The SMILES string of the molecule is CCC(CC)(c1ccc(OCC(N=O)C(C)(C)C)c(C)c1)c1cc(C)c(S(=O)(=O)N[C@H](C)C(=O)OC)s1. The standard InChI is InChI=1S/C27H40N2O6S2/c1-10-27(11-2,20-12-13-21(17(3)14-20)35-16-22(28-31)26(6,7)8)23-15-18(4)25(36-23)37(32,33)29-19(5)24(30)34-9/h12-15,19,22,29H,10-11,16H2,1-9H3/t19-,22?/m1/s1. The second kappa shape index (κ2) is 12.0. The average Bonchev–Trinajstić information content (AvgIpc) is 3.23. The van der Waals surface area contributed by atoms with Crippen LogP contribution in [-0.2, 0) is 25.0 Å². The van der Waals surface area contributed by atoms with Crippen LogP contribution in [0, 0.1) is 24.2 Å². The van der Waals surface area contributed by atoms with E-state index < -0.39 is 33.5 Å². The third kappa shape index (κ3) is 6.78. The van der Waals surface area contributed by atoms with Gasteiger partial charge in [-0.2, -0.15) is 9.63 Å². The number of esters is 1. The Bertz CT molecular complexity index is 1210. The molecule has 1 heterocycles. The van der Waals surface area contributed by atoms with Gasteiger partial charge in [0.15, 0.2) is 0 Å². The maximum Gasteiger partial charge on any atom is 0.323 e. The Kier molecular flexibility index (Phi) is 10.1. The van der Waals surface area contributed by atoms with E-state index in [0.717, 1.165) is 28.8 Å². The van der Waals surface area contributed by atoms with Crippen LogP contribution in [0.1, 0.15) is 76.0 Å². The van der Waals surface area contributed by atoms with Crippen molar-refractivity contribution in [1.29, 1.82) is 0 Å². The van der Waals surface area contributed by atoms with Gasteiger partial charge in [-0.1, -0.05) is 51.9 Å². The molecule has 1 aromatic carbocycles. The van der Waals surface area contributed by atoms with Gasteiger partial charge < -0.3 is 9.47 Å². The van der Waals surface area contributed by atoms with Gasteiger partial charge in [-0.3, -0.25) is 4.79 Å². The highest BCUT2D eigenvalue weighted by molar-refractivity contribution is 7.91. The lowest BCUT2D eigenvalue weighted by Gasteiger charge is -2.32. The van der Waals surface area contributed by atoms with Crippen LogP contribution >= 0.6 is 11.3 Å². The van der Waals surface area contributed by atoms with Gasteiger partial charge in [0.05, 0.1) is 7.11 Å². The van der Waals surface area contributed by atoms with E-state index in [4.69, 9.17) is 4.74 Å². The largest absolute Gasteiger partial charge is 0.491 e. The summed E-state index contributed by atoms with van der Waals surface area (Å²) >= 11 is 1.23. The molecule has 1 N–H and O–H groups in total. The number of benzene rings is 1. The van der Waals surface area contributed by atoms with Gasteiger partial charge in [0.2, 0.25) is 0 Å². The first-order valence-corrected chi connectivity index (χ1v) is 14.7. The van der Waals surface area contributed by atoms with E-state index in [0.29, 0.717) is 11.3 Å². The Hall–Kier alpha value is -2.30. The number of ether oxygens (including phenoxy) is 2. The Balaban J connectivity index is 2.44. The van der Waals surface area contributed by atoms with Gasteiger partial charge in [-0.25, -0.2) is 8.42 Å². The number of methoxy groups -OCH3 is 1. The number of thiophene rings is 1. The maximum absolute atomic E-state index is 13.1. The van der Waals surface area contributed by atoms with Crippen molar-refractivity contribution < 1.29 is 22.7 Å². The van der Waals surface area contributed by atoms with Crippen LogP contribution in [0.5, 0.6) is 5.75 Å². The first kappa shape index (κ1) is 30.9. The highest BCUT2D eigenvalue weighted by atomic mass is 32.2. The fourth-order valence-electron chi connectivity index (χ4n) is 4.34. The van der Waals surface area contributed by atoms with E-state index >= 15 is 0 Å². The molecule has 2 aromatic rings. The second-order valence-electron chi connectivity index (χ2n) is 10.5. The lowest BCUT2D eigenvalue weighted by Crippen LogP contribution is -2.39. The van der Waals surface area contributed by atoms with Crippen LogP contribution in [0.2, 0.25) is 0 Å². The molecule has 1 aromatic heterocycles. The zero-order chi connectivity index (χ0) is 28.2. The predicted molar refractivity (Wildman–Crippen MR) is 148 cm³/mol. The van der Waals surface area contributed by atoms with E-state index in [2.05, 4.69) is 34.5 Å². The predicted octanol–water partition coefficient (Wildman–Crippen LogP) is 5.87. The molecule has 0 saturated heterocycles. The van der Waals surface area contributed by atoms with Crippen LogP contribution < -0.4 is 9.46 Å². The smallest absolute Gasteiger partial charge is 0.323 e. The summed E-state index contributed by atoms with van der Waals surface area (Å²) in [6.07, 6.45) is 1.52. The Labute approximate surface area is 225 Å². The number of sulfonamides is 1. The third-order valence-corrected chi connectivity index (χ3v) is 10.6. The summed E-state index contributed by atoms with van der Waals surface area (Å²) in [6, 6.07) is 6.46. The van der Waals surface area contributed by atoms with Crippen molar-refractivity contribution >= 4 is 27.3 Å². The quantitative estimate of drug-likeness (QED) is 0.260. The van der Waals surface area contributed by atoms with Crippen molar-refractivity contribution in [2.24, 2.45) is 10.6 Å². The van der Waals surface area contributed by atoms with Gasteiger partial charge in [-0.15, -0.1) is 11.3 Å². The molecule has 206 valence electrons. The van der Waals surface area contributed by atoms with Crippen molar-refractivity contribution in [3.63, 3.8) is 0 Å². The van der Waals surface area contributed by atoms with E-state index in [1.807, 2.05) is 45.9 Å². The number of nitrogens with one attached hydrogen (secondary N) is 1. The van der Waals surface area contributed by atoms with Crippen molar-refractivity contribution in [1.82, 2.24) is 4.72 Å². The summed E-state index contributed by atoms with van der Waals surface area (Å²) in [6.45, 7) is 15.4. The molecule has 0 saturated carbocycles. The number of carbonyl (C=O) groups is 1. The lowest BCUT2D eigenvalue weighted by atomic mass is 9.74. The summed E-state index contributed by atoms with van der Waals surface area (Å²) in [5, 5.41) is 3.24. The maximum atomic E-state index is 13.1. The molecule has 0 aliphatic heterocycles. The number of hydrogen-bond donors (Lipinski definition) is 1. The van der Waals surface area contributed by atoms with E-state index in [1.165, 1.54) is 25.4 Å². The van der Waals surface area contributed by atoms with Crippen molar-refractivity contribution in [3.8, 4) is 5.75 Å². The highest BCUT2D eigenvalue weighted by Gasteiger charge is 2.36. The molecule has 1 unspecified atom stereocenters.